The van der Waals surface area contributed by atoms with Gasteiger partial charge in [0.25, 0.3) is 0 Å². The van der Waals surface area contributed by atoms with Gasteiger partial charge >= 0.3 is 0 Å². The number of nitrogens with zero attached hydrogens (tertiary/aromatic N) is 3. The van der Waals surface area contributed by atoms with Gasteiger partial charge in [0.15, 0.2) is 0 Å². The Kier molecular flexibility index (Phi) is 6.16. The minimum atomic E-state index is -0.803. The van der Waals surface area contributed by atoms with E-state index in [1.54, 1.807) is 6.92 Å². The summed E-state index contributed by atoms with van der Waals surface area (Å²) in [6.45, 7) is 5.78. The summed E-state index contributed by atoms with van der Waals surface area (Å²) >= 11 is 6.45. The van der Waals surface area contributed by atoms with Crippen molar-refractivity contribution in [2.24, 2.45) is 0 Å². The Morgan fingerprint density at radius 2 is 1.83 bits per heavy atom. The topological polar surface area (TPSA) is 43.9 Å². The van der Waals surface area contributed by atoms with Crippen LogP contribution < -0.4 is 0 Å². The summed E-state index contributed by atoms with van der Waals surface area (Å²) < 4.78 is 0. The molecule has 0 spiro atoms. The fraction of sp³-hybridized carbons (Fsp3) is 0.652. The average molecular weight is 418 g/mol. The van der Waals surface area contributed by atoms with Gasteiger partial charge in [-0.1, -0.05) is 36.2 Å². The molecule has 2 aliphatic heterocycles. The number of carbonyl (C=O) groups excluding carboxylic acids is 2. The molecule has 5 nitrogen and oxygen atoms in total. The average Bonchev–Trinajstić information content (AvgIpc) is 2.95. The Balaban J connectivity index is 1.58. The Bertz CT molecular complexity index is 766. The molecule has 0 bridgehead atoms. The summed E-state index contributed by atoms with van der Waals surface area (Å²) in [6.07, 6.45) is 6.99. The van der Waals surface area contributed by atoms with E-state index in [2.05, 4.69) is 4.90 Å². The molecule has 1 atom stereocenters. The van der Waals surface area contributed by atoms with Gasteiger partial charge in [0, 0.05) is 57.1 Å². The molecule has 0 N–H and O–H groups in total. The molecule has 2 saturated heterocycles. The molecule has 1 unspecified atom stereocenters. The van der Waals surface area contributed by atoms with Crippen LogP contribution in [-0.2, 0) is 16.0 Å². The summed E-state index contributed by atoms with van der Waals surface area (Å²) in [5.74, 6) is 0.0920. The van der Waals surface area contributed by atoms with Crippen molar-refractivity contribution in [3.8, 4) is 0 Å². The molecule has 158 valence electrons. The van der Waals surface area contributed by atoms with Gasteiger partial charge < -0.3 is 9.80 Å². The number of likely N-dealkylation sites (tertiary alicyclic amines) is 1. The zero-order chi connectivity index (χ0) is 20.4. The lowest BCUT2D eigenvalue weighted by Crippen LogP contribution is -2.59. The smallest absolute Gasteiger partial charge is 0.248 e. The predicted molar refractivity (Wildman–Crippen MR) is 115 cm³/mol. The second-order valence-electron chi connectivity index (χ2n) is 8.84. The Hall–Kier alpha value is -1.59. The van der Waals surface area contributed by atoms with Gasteiger partial charge in [-0.2, -0.15) is 0 Å². The van der Waals surface area contributed by atoms with E-state index in [0.717, 1.165) is 44.6 Å². The van der Waals surface area contributed by atoms with Crippen LogP contribution in [0, 0.1) is 0 Å². The molecular weight excluding hydrogens is 386 g/mol. The van der Waals surface area contributed by atoms with Gasteiger partial charge in [-0.05, 0) is 43.7 Å². The van der Waals surface area contributed by atoms with Crippen LogP contribution in [0.1, 0.15) is 51.0 Å². The van der Waals surface area contributed by atoms with Gasteiger partial charge in [0.05, 0.1) is 0 Å². The maximum atomic E-state index is 13.9. The zero-order valence-corrected chi connectivity index (χ0v) is 18.2. The molecular formula is C23H32ClN3O2. The molecule has 1 saturated carbocycles. The Morgan fingerprint density at radius 1 is 1.03 bits per heavy atom. The third-order valence-electron chi connectivity index (χ3n) is 7.12. The van der Waals surface area contributed by atoms with Crippen molar-refractivity contribution in [1.29, 1.82) is 0 Å². The van der Waals surface area contributed by atoms with Crippen molar-refractivity contribution in [1.82, 2.24) is 14.7 Å². The zero-order valence-electron chi connectivity index (χ0n) is 17.4. The fourth-order valence-corrected chi connectivity index (χ4v) is 5.53. The van der Waals surface area contributed by atoms with Crippen LogP contribution >= 0.6 is 11.6 Å². The molecule has 1 aromatic carbocycles. The van der Waals surface area contributed by atoms with Crippen LogP contribution in [0.5, 0.6) is 0 Å². The molecule has 29 heavy (non-hydrogen) atoms. The Morgan fingerprint density at radius 3 is 2.52 bits per heavy atom. The minimum absolute atomic E-state index is 0.0196. The van der Waals surface area contributed by atoms with E-state index >= 15 is 0 Å². The van der Waals surface area contributed by atoms with E-state index < -0.39 is 5.54 Å². The molecule has 6 heteroatoms. The maximum Gasteiger partial charge on any atom is 0.248 e. The van der Waals surface area contributed by atoms with Crippen molar-refractivity contribution in [2.75, 3.05) is 32.7 Å². The first-order chi connectivity index (χ1) is 14.0. The minimum Gasteiger partial charge on any atom is -0.339 e. The van der Waals surface area contributed by atoms with Crippen molar-refractivity contribution < 1.29 is 9.59 Å². The molecule has 4 rings (SSSR count). The number of carbonyl (C=O) groups is 2. The summed E-state index contributed by atoms with van der Waals surface area (Å²) in [5.41, 5.74) is 0.143. The van der Waals surface area contributed by atoms with Crippen molar-refractivity contribution in [3.63, 3.8) is 0 Å². The number of benzene rings is 1. The van der Waals surface area contributed by atoms with E-state index in [1.807, 2.05) is 34.1 Å². The van der Waals surface area contributed by atoms with Gasteiger partial charge in [-0.15, -0.1) is 0 Å². The van der Waals surface area contributed by atoms with Gasteiger partial charge in [0.1, 0.15) is 5.54 Å². The first-order valence-electron chi connectivity index (χ1n) is 11.1. The highest BCUT2D eigenvalue weighted by atomic mass is 35.5. The second kappa shape index (κ2) is 8.65. The Labute approximate surface area is 179 Å². The predicted octanol–water partition coefficient (Wildman–Crippen LogP) is 3.35. The number of rotatable bonds is 4. The molecule has 2 amide bonds. The highest BCUT2D eigenvalue weighted by molar-refractivity contribution is 6.31. The third kappa shape index (κ3) is 4.04. The van der Waals surface area contributed by atoms with E-state index in [0.29, 0.717) is 30.5 Å². The maximum absolute atomic E-state index is 13.9. The van der Waals surface area contributed by atoms with Gasteiger partial charge in [0.2, 0.25) is 11.8 Å². The van der Waals surface area contributed by atoms with Gasteiger partial charge in [-0.25, -0.2) is 0 Å². The highest BCUT2D eigenvalue weighted by Gasteiger charge is 2.50. The first kappa shape index (κ1) is 20.7. The largest absolute Gasteiger partial charge is 0.339 e. The van der Waals surface area contributed by atoms with Crippen LogP contribution in [0.2, 0.25) is 5.02 Å². The normalized spacial score (nSPS) is 26.3. The number of amides is 2. The van der Waals surface area contributed by atoms with Gasteiger partial charge in [-0.3, -0.25) is 14.5 Å². The SMILES string of the molecule is CC(=O)N1CCCC1(Cc1ccccc1Cl)C(=O)N1CCCN(C2CCC2)CC1. The quantitative estimate of drug-likeness (QED) is 0.754. The third-order valence-corrected chi connectivity index (χ3v) is 7.49. The van der Waals surface area contributed by atoms with Crippen LogP contribution in [0.3, 0.4) is 0 Å². The van der Waals surface area contributed by atoms with E-state index in [9.17, 15) is 9.59 Å². The summed E-state index contributed by atoms with van der Waals surface area (Å²) in [5, 5.41) is 0.669. The number of hydrogen-bond acceptors (Lipinski definition) is 3. The molecule has 3 aliphatic rings. The molecule has 0 aromatic heterocycles. The monoisotopic (exact) mass is 417 g/mol. The van der Waals surface area contributed by atoms with Crippen LogP contribution in [0.15, 0.2) is 24.3 Å². The summed E-state index contributed by atoms with van der Waals surface area (Å²) in [7, 11) is 0. The molecule has 1 aromatic rings. The van der Waals surface area contributed by atoms with Crippen molar-refractivity contribution in [2.45, 2.75) is 63.5 Å². The lowest BCUT2D eigenvalue weighted by molar-refractivity contribution is -0.150. The van der Waals surface area contributed by atoms with Crippen LogP contribution in [0.25, 0.3) is 0 Å². The summed E-state index contributed by atoms with van der Waals surface area (Å²) in [4.78, 5) is 32.8. The lowest BCUT2D eigenvalue weighted by atomic mass is 9.86. The number of halogens is 1. The second-order valence-corrected chi connectivity index (χ2v) is 9.25. The number of hydrogen-bond donors (Lipinski definition) is 0. The van der Waals surface area contributed by atoms with Crippen LogP contribution in [0.4, 0.5) is 0 Å². The van der Waals surface area contributed by atoms with E-state index in [1.165, 1.54) is 19.3 Å². The fourth-order valence-electron chi connectivity index (χ4n) is 5.33. The summed E-state index contributed by atoms with van der Waals surface area (Å²) in [6, 6.07) is 8.41. The van der Waals surface area contributed by atoms with Crippen LogP contribution in [-0.4, -0.2) is 70.8 Å². The van der Waals surface area contributed by atoms with E-state index in [-0.39, 0.29) is 11.8 Å². The first-order valence-corrected chi connectivity index (χ1v) is 11.4. The van der Waals surface area contributed by atoms with Crippen molar-refractivity contribution in [3.05, 3.63) is 34.9 Å². The molecule has 3 fully saturated rings. The molecule has 2 heterocycles. The standard InChI is InChI=1S/C23H32ClN3O2/c1-18(28)27-14-5-11-23(27,17-19-7-2-3-10-21(19)24)22(29)26-13-6-12-25(15-16-26)20-8-4-9-20/h2-3,7,10,20H,4-6,8-9,11-17H2,1H3. The molecule has 1 aliphatic carbocycles. The lowest BCUT2D eigenvalue weighted by Gasteiger charge is -2.41. The molecule has 0 radical (unpaired) electrons. The highest BCUT2D eigenvalue weighted by Crippen LogP contribution is 2.37. The van der Waals surface area contributed by atoms with E-state index in [4.69, 9.17) is 11.6 Å². The van der Waals surface area contributed by atoms with Crippen molar-refractivity contribution >= 4 is 23.4 Å².